The number of benzene rings is 1. The van der Waals surface area contributed by atoms with E-state index in [-0.39, 0.29) is 17.2 Å². The van der Waals surface area contributed by atoms with Gasteiger partial charge in [0.25, 0.3) is 0 Å². The zero-order valence-corrected chi connectivity index (χ0v) is 13.5. The number of nitrogens with one attached hydrogen (secondary N) is 1. The van der Waals surface area contributed by atoms with Crippen LogP contribution in [0.4, 0.5) is 0 Å². The average Bonchev–Trinajstić information content (AvgIpc) is 2.92. The maximum absolute atomic E-state index is 12.2. The largest absolute Gasteiger partial charge is 0.352 e. The highest BCUT2D eigenvalue weighted by molar-refractivity contribution is 5.79. The van der Waals surface area contributed by atoms with Crippen LogP contribution in [0.25, 0.3) is 0 Å². The first kappa shape index (κ1) is 16.0. The Morgan fingerprint density at radius 1 is 1.24 bits per heavy atom. The zero-order chi connectivity index (χ0) is 15.5. The maximum Gasteiger partial charge on any atom is 0.223 e. The molecule has 0 heterocycles. The van der Waals surface area contributed by atoms with Gasteiger partial charge in [0.2, 0.25) is 5.91 Å². The summed E-state index contributed by atoms with van der Waals surface area (Å²) >= 11 is 0. The van der Waals surface area contributed by atoms with Crippen LogP contribution < -0.4 is 11.1 Å². The van der Waals surface area contributed by atoms with Gasteiger partial charge in [0.15, 0.2) is 0 Å². The second-order valence-corrected chi connectivity index (χ2v) is 7.20. The second kappa shape index (κ2) is 6.61. The summed E-state index contributed by atoms with van der Waals surface area (Å²) in [7, 11) is 0. The Balaban J connectivity index is 1.89. The fourth-order valence-corrected chi connectivity index (χ4v) is 3.11. The molecule has 116 valence electrons. The van der Waals surface area contributed by atoms with Crippen molar-refractivity contribution in [3.63, 3.8) is 0 Å². The Hall–Kier alpha value is -1.35. The molecular formula is C18H28N2O. The zero-order valence-electron chi connectivity index (χ0n) is 13.5. The lowest BCUT2D eigenvalue weighted by atomic mass is 9.87. The molecule has 0 unspecified atom stereocenters. The lowest BCUT2D eigenvalue weighted by molar-refractivity contribution is -0.126. The molecule has 2 rings (SSSR count). The number of rotatable bonds is 4. The van der Waals surface area contributed by atoms with Gasteiger partial charge in [-0.1, -0.05) is 51.5 Å². The Kier molecular flexibility index (Phi) is 5.04. The lowest BCUT2D eigenvalue weighted by Crippen LogP contribution is -2.34. The van der Waals surface area contributed by atoms with Crippen molar-refractivity contribution in [3.8, 4) is 0 Å². The highest BCUT2D eigenvalue weighted by atomic mass is 16.1. The quantitative estimate of drug-likeness (QED) is 0.895. The van der Waals surface area contributed by atoms with Gasteiger partial charge in [0, 0.05) is 12.5 Å². The molecule has 1 fully saturated rings. The first-order chi connectivity index (χ1) is 9.91. The fraction of sp³-hybridized carbons (Fsp3) is 0.611. The maximum atomic E-state index is 12.2. The van der Waals surface area contributed by atoms with Crippen LogP contribution in [-0.4, -0.2) is 12.5 Å². The third kappa shape index (κ3) is 4.07. The number of nitrogens with two attached hydrogens (primary N) is 1. The van der Waals surface area contributed by atoms with Crippen molar-refractivity contribution in [1.29, 1.82) is 0 Å². The summed E-state index contributed by atoms with van der Waals surface area (Å²) in [5.41, 5.74) is 8.38. The fourth-order valence-electron chi connectivity index (χ4n) is 3.11. The van der Waals surface area contributed by atoms with Crippen molar-refractivity contribution in [3.05, 3.63) is 35.4 Å². The summed E-state index contributed by atoms with van der Waals surface area (Å²) in [6, 6.07) is 8.52. The van der Waals surface area contributed by atoms with Gasteiger partial charge < -0.3 is 11.1 Å². The normalized spacial score (nSPS) is 22.3. The molecule has 1 aromatic carbocycles. The predicted molar refractivity (Wildman–Crippen MR) is 86.9 cm³/mol. The molecule has 1 aliphatic carbocycles. The van der Waals surface area contributed by atoms with E-state index < -0.39 is 0 Å². The van der Waals surface area contributed by atoms with Crippen molar-refractivity contribution in [1.82, 2.24) is 5.32 Å². The van der Waals surface area contributed by atoms with Gasteiger partial charge >= 0.3 is 0 Å². The molecule has 3 N–H and O–H groups in total. The Morgan fingerprint density at radius 2 is 1.90 bits per heavy atom. The molecule has 0 bridgehead atoms. The van der Waals surface area contributed by atoms with Crippen LogP contribution in [0.15, 0.2) is 24.3 Å². The first-order valence-corrected chi connectivity index (χ1v) is 7.99. The van der Waals surface area contributed by atoms with E-state index in [4.69, 9.17) is 5.73 Å². The molecule has 0 radical (unpaired) electrons. The van der Waals surface area contributed by atoms with E-state index >= 15 is 0 Å². The molecule has 3 heteroatoms. The van der Waals surface area contributed by atoms with Gasteiger partial charge in [0.1, 0.15) is 0 Å². The van der Waals surface area contributed by atoms with Crippen molar-refractivity contribution >= 4 is 5.91 Å². The first-order valence-electron chi connectivity index (χ1n) is 7.99. The summed E-state index contributed by atoms with van der Waals surface area (Å²) in [5.74, 6) is 0.653. The summed E-state index contributed by atoms with van der Waals surface area (Å²) in [5, 5.41) is 3.07. The van der Waals surface area contributed by atoms with Gasteiger partial charge in [-0.15, -0.1) is 0 Å². The van der Waals surface area contributed by atoms with Crippen LogP contribution in [-0.2, 0) is 16.8 Å². The number of amides is 1. The molecule has 0 aromatic heterocycles. The molecule has 21 heavy (non-hydrogen) atoms. The van der Waals surface area contributed by atoms with Gasteiger partial charge in [-0.3, -0.25) is 4.79 Å². The van der Waals surface area contributed by atoms with Crippen LogP contribution in [0.3, 0.4) is 0 Å². The van der Waals surface area contributed by atoms with Gasteiger partial charge in [-0.2, -0.15) is 0 Å². The van der Waals surface area contributed by atoms with E-state index in [1.54, 1.807) is 0 Å². The van der Waals surface area contributed by atoms with Crippen LogP contribution >= 0.6 is 0 Å². The SMILES string of the molecule is CC(C)(C)c1ccc(CNC(=O)[C@@H]2CCC[C@@H]2CN)cc1. The van der Waals surface area contributed by atoms with Crippen LogP contribution in [0, 0.1) is 11.8 Å². The second-order valence-electron chi connectivity index (χ2n) is 7.20. The smallest absolute Gasteiger partial charge is 0.223 e. The van der Waals surface area contributed by atoms with E-state index in [1.807, 2.05) is 0 Å². The molecule has 1 amide bonds. The van der Waals surface area contributed by atoms with E-state index in [2.05, 4.69) is 50.4 Å². The van der Waals surface area contributed by atoms with Crippen molar-refractivity contribution < 1.29 is 4.79 Å². The topological polar surface area (TPSA) is 55.1 Å². The Morgan fingerprint density at radius 3 is 2.48 bits per heavy atom. The van der Waals surface area contributed by atoms with E-state index in [0.717, 1.165) is 24.8 Å². The minimum absolute atomic E-state index is 0.115. The summed E-state index contributed by atoms with van der Waals surface area (Å²) in [6.45, 7) is 7.85. The summed E-state index contributed by atoms with van der Waals surface area (Å²) in [6.07, 6.45) is 3.20. The molecular weight excluding hydrogens is 260 g/mol. The Bertz CT molecular complexity index is 473. The minimum atomic E-state index is 0.115. The van der Waals surface area contributed by atoms with E-state index in [1.165, 1.54) is 5.56 Å². The van der Waals surface area contributed by atoms with E-state index in [9.17, 15) is 4.79 Å². The average molecular weight is 288 g/mol. The van der Waals surface area contributed by atoms with Crippen molar-refractivity contribution in [2.75, 3.05) is 6.54 Å². The molecule has 0 aliphatic heterocycles. The summed E-state index contributed by atoms with van der Waals surface area (Å²) < 4.78 is 0. The molecule has 3 nitrogen and oxygen atoms in total. The highest BCUT2D eigenvalue weighted by Gasteiger charge is 2.31. The number of hydrogen-bond donors (Lipinski definition) is 2. The predicted octanol–water partition coefficient (Wildman–Crippen LogP) is 2.98. The molecule has 1 aliphatic rings. The number of hydrogen-bond acceptors (Lipinski definition) is 2. The number of carbonyl (C=O) groups excluding carboxylic acids is 1. The van der Waals surface area contributed by atoms with Crippen molar-refractivity contribution in [2.45, 2.75) is 52.0 Å². The third-order valence-corrected chi connectivity index (χ3v) is 4.59. The van der Waals surface area contributed by atoms with Crippen molar-refractivity contribution in [2.24, 2.45) is 17.6 Å². The molecule has 0 saturated heterocycles. The summed E-state index contributed by atoms with van der Waals surface area (Å²) in [4.78, 5) is 12.2. The lowest BCUT2D eigenvalue weighted by Gasteiger charge is -2.20. The third-order valence-electron chi connectivity index (χ3n) is 4.59. The molecule has 1 aromatic rings. The van der Waals surface area contributed by atoms with Gasteiger partial charge in [-0.05, 0) is 41.8 Å². The standard InChI is InChI=1S/C18H28N2O/c1-18(2,3)15-9-7-13(8-10-15)12-20-17(21)16-6-4-5-14(16)11-19/h7-10,14,16H,4-6,11-12,19H2,1-3H3,(H,20,21)/t14-,16-/m1/s1. The Labute approximate surface area is 128 Å². The van der Waals surface area contributed by atoms with Crippen LogP contribution in [0.2, 0.25) is 0 Å². The molecule has 1 saturated carbocycles. The minimum Gasteiger partial charge on any atom is -0.352 e. The molecule has 2 atom stereocenters. The van der Waals surface area contributed by atoms with Gasteiger partial charge in [0.05, 0.1) is 0 Å². The highest BCUT2D eigenvalue weighted by Crippen LogP contribution is 2.31. The number of carbonyl (C=O) groups is 1. The monoisotopic (exact) mass is 288 g/mol. The van der Waals surface area contributed by atoms with Gasteiger partial charge in [-0.25, -0.2) is 0 Å². The van der Waals surface area contributed by atoms with Crippen LogP contribution in [0.1, 0.15) is 51.2 Å². The van der Waals surface area contributed by atoms with Crippen LogP contribution in [0.5, 0.6) is 0 Å². The van der Waals surface area contributed by atoms with E-state index in [0.29, 0.717) is 19.0 Å². The molecule has 0 spiro atoms.